The summed E-state index contributed by atoms with van der Waals surface area (Å²) >= 11 is 0. The van der Waals surface area contributed by atoms with Gasteiger partial charge in [0.05, 0.1) is 18.1 Å². The molecule has 9 heteroatoms. The second-order valence-electron chi connectivity index (χ2n) is 10.6. The van der Waals surface area contributed by atoms with E-state index in [1.807, 2.05) is 31.2 Å². The Morgan fingerprint density at radius 2 is 1.82 bits per heavy atom. The Labute approximate surface area is 225 Å². The summed E-state index contributed by atoms with van der Waals surface area (Å²) in [6.07, 6.45) is 3.74. The molecule has 3 heterocycles. The average Bonchev–Trinajstić information content (AvgIpc) is 3.52. The van der Waals surface area contributed by atoms with Crippen molar-refractivity contribution in [1.29, 1.82) is 0 Å². The molecule has 5 atom stereocenters. The molecule has 2 bridgehead atoms. The van der Waals surface area contributed by atoms with Crippen molar-refractivity contribution < 1.29 is 29.0 Å². The van der Waals surface area contributed by atoms with Gasteiger partial charge in [-0.3, -0.25) is 14.4 Å². The number of nitrogens with one attached hydrogen (secondary N) is 1. The number of carbonyl (C=O) groups excluding carboxylic acids is 3. The zero-order valence-electron chi connectivity index (χ0n) is 23.2. The highest BCUT2D eigenvalue weighted by Gasteiger charge is 2.78. The van der Waals surface area contributed by atoms with Gasteiger partial charge in [0.15, 0.2) is 0 Å². The molecule has 0 radical (unpaired) electrons. The summed E-state index contributed by atoms with van der Waals surface area (Å²) in [5.74, 6) is -2.38. The number of fused-ring (bicyclic) bond motifs is 1. The number of aliphatic hydroxyl groups excluding tert-OH is 1. The van der Waals surface area contributed by atoms with Crippen LogP contribution in [0, 0.1) is 11.8 Å². The lowest BCUT2D eigenvalue weighted by molar-refractivity contribution is -0.160. The highest BCUT2D eigenvalue weighted by molar-refractivity contribution is 6.03. The smallest absolute Gasteiger partial charge is 0.312 e. The molecule has 2 N–H and O–H groups in total. The second-order valence-corrected chi connectivity index (χ2v) is 10.6. The number of aliphatic hydroxyl groups is 1. The molecule has 3 fully saturated rings. The molecule has 38 heavy (non-hydrogen) atoms. The lowest BCUT2D eigenvalue weighted by atomic mass is 9.65. The maximum atomic E-state index is 14.0. The Kier molecular flexibility index (Phi) is 8.67. The van der Waals surface area contributed by atoms with Crippen LogP contribution in [0.4, 0.5) is 11.4 Å². The van der Waals surface area contributed by atoms with Crippen LogP contribution in [0.15, 0.2) is 24.3 Å². The third-order valence-corrected chi connectivity index (χ3v) is 8.79. The monoisotopic (exact) mass is 529 g/mol. The average molecular weight is 530 g/mol. The largest absolute Gasteiger partial charge is 0.466 e. The van der Waals surface area contributed by atoms with E-state index in [9.17, 15) is 19.5 Å². The van der Waals surface area contributed by atoms with Gasteiger partial charge in [-0.1, -0.05) is 6.92 Å². The highest BCUT2D eigenvalue weighted by atomic mass is 16.6. The normalized spacial score (nSPS) is 29.4. The third kappa shape index (κ3) is 4.68. The van der Waals surface area contributed by atoms with E-state index < -0.39 is 35.0 Å². The number of benzene rings is 1. The van der Waals surface area contributed by atoms with E-state index in [0.29, 0.717) is 44.3 Å². The van der Waals surface area contributed by atoms with Gasteiger partial charge in [0.1, 0.15) is 17.6 Å². The van der Waals surface area contributed by atoms with Gasteiger partial charge < -0.3 is 29.7 Å². The van der Waals surface area contributed by atoms with E-state index >= 15 is 0 Å². The Morgan fingerprint density at radius 1 is 1.11 bits per heavy atom. The van der Waals surface area contributed by atoms with Crippen LogP contribution in [0.2, 0.25) is 0 Å². The molecule has 0 saturated carbocycles. The van der Waals surface area contributed by atoms with Gasteiger partial charge in [-0.25, -0.2) is 0 Å². The fourth-order valence-electron chi connectivity index (χ4n) is 6.98. The molecule has 0 aromatic heterocycles. The predicted octanol–water partition coefficient (Wildman–Crippen LogP) is 3.35. The minimum absolute atomic E-state index is 0.0843. The molecule has 4 rings (SSSR count). The van der Waals surface area contributed by atoms with Crippen molar-refractivity contribution in [2.24, 2.45) is 11.8 Å². The van der Waals surface area contributed by atoms with E-state index in [1.54, 1.807) is 11.8 Å². The van der Waals surface area contributed by atoms with Crippen LogP contribution in [0.1, 0.15) is 66.2 Å². The first-order valence-corrected chi connectivity index (χ1v) is 14.3. The van der Waals surface area contributed by atoms with Crippen molar-refractivity contribution in [1.82, 2.24) is 4.90 Å². The molecule has 1 aromatic rings. The Bertz CT molecular complexity index is 1010. The Hall–Kier alpha value is -2.65. The zero-order valence-corrected chi connectivity index (χ0v) is 23.2. The number of esters is 1. The Morgan fingerprint density at radius 3 is 2.42 bits per heavy atom. The highest BCUT2D eigenvalue weighted by Crippen LogP contribution is 2.64. The number of ether oxygens (including phenoxy) is 2. The zero-order chi connectivity index (χ0) is 27.5. The van der Waals surface area contributed by atoms with Crippen LogP contribution in [0.3, 0.4) is 0 Å². The topological polar surface area (TPSA) is 108 Å². The van der Waals surface area contributed by atoms with Crippen molar-refractivity contribution in [2.75, 3.05) is 43.1 Å². The quantitative estimate of drug-likeness (QED) is 0.298. The number of rotatable bonds is 13. The van der Waals surface area contributed by atoms with Crippen molar-refractivity contribution >= 4 is 29.2 Å². The maximum Gasteiger partial charge on any atom is 0.312 e. The predicted molar refractivity (Wildman–Crippen MR) is 145 cm³/mol. The van der Waals surface area contributed by atoms with Gasteiger partial charge in [-0.05, 0) is 83.6 Å². The third-order valence-electron chi connectivity index (χ3n) is 8.79. The number of likely N-dealkylation sites (tertiary alicyclic amines) is 1. The van der Waals surface area contributed by atoms with E-state index in [0.717, 1.165) is 25.2 Å². The summed E-state index contributed by atoms with van der Waals surface area (Å²) in [4.78, 5) is 45.0. The molecular weight excluding hydrogens is 486 g/mol. The number of hydrogen-bond donors (Lipinski definition) is 2. The summed E-state index contributed by atoms with van der Waals surface area (Å²) in [6.45, 7) is 10.4. The SMILES string of the molecule is CCOC(=O)[C@@H]1[C@H]2C(=O)N(CCCCCO)C(C(=O)Nc3ccc(N(CC)CC)cc3)C23CC[C@@]1(CC)O3. The van der Waals surface area contributed by atoms with Gasteiger partial charge in [0, 0.05) is 37.6 Å². The minimum atomic E-state index is -1.06. The van der Waals surface area contributed by atoms with Crippen LogP contribution < -0.4 is 10.2 Å². The van der Waals surface area contributed by atoms with Gasteiger partial charge in [-0.15, -0.1) is 0 Å². The van der Waals surface area contributed by atoms with Crippen molar-refractivity contribution in [3.63, 3.8) is 0 Å². The molecule has 3 aliphatic rings. The number of carbonyl (C=O) groups is 3. The molecular formula is C29H43N3O6. The fourth-order valence-corrected chi connectivity index (χ4v) is 6.98. The van der Waals surface area contributed by atoms with Crippen LogP contribution >= 0.6 is 0 Å². The first-order valence-electron chi connectivity index (χ1n) is 14.3. The molecule has 2 amide bonds. The van der Waals surface area contributed by atoms with E-state index in [-0.39, 0.29) is 25.0 Å². The van der Waals surface area contributed by atoms with E-state index in [1.165, 1.54) is 0 Å². The molecule has 9 nitrogen and oxygen atoms in total. The Balaban J connectivity index is 1.65. The molecule has 1 aromatic carbocycles. The molecule has 2 unspecified atom stereocenters. The van der Waals surface area contributed by atoms with Crippen LogP contribution in [-0.2, 0) is 23.9 Å². The maximum absolute atomic E-state index is 14.0. The molecule has 210 valence electrons. The van der Waals surface area contributed by atoms with Gasteiger partial charge in [-0.2, -0.15) is 0 Å². The number of hydrogen-bond acceptors (Lipinski definition) is 7. The summed E-state index contributed by atoms with van der Waals surface area (Å²) in [5.41, 5.74) is -0.127. The molecule has 3 aliphatic heterocycles. The van der Waals surface area contributed by atoms with Gasteiger partial charge >= 0.3 is 5.97 Å². The van der Waals surface area contributed by atoms with E-state index in [2.05, 4.69) is 24.1 Å². The van der Waals surface area contributed by atoms with E-state index in [4.69, 9.17) is 9.47 Å². The summed E-state index contributed by atoms with van der Waals surface area (Å²) in [5, 5.41) is 12.2. The molecule has 0 aliphatic carbocycles. The first kappa shape index (κ1) is 28.4. The lowest BCUT2D eigenvalue weighted by Gasteiger charge is -2.33. The lowest BCUT2D eigenvalue weighted by Crippen LogP contribution is -2.53. The number of unbranched alkanes of at least 4 members (excludes halogenated alkanes) is 2. The molecule has 1 spiro atoms. The van der Waals surface area contributed by atoms with Crippen LogP contribution in [-0.4, -0.2) is 77.9 Å². The summed E-state index contributed by atoms with van der Waals surface area (Å²) < 4.78 is 12.1. The number of nitrogens with zero attached hydrogens (tertiary/aromatic N) is 2. The van der Waals surface area contributed by atoms with Gasteiger partial charge in [0.25, 0.3) is 0 Å². The minimum Gasteiger partial charge on any atom is -0.466 e. The number of amides is 2. The first-order chi connectivity index (χ1) is 18.3. The second kappa shape index (κ2) is 11.6. The summed E-state index contributed by atoms with van der Waals surface area (Å²) in [7, 11) is 0. The van der Waals surface area contributed by atoms with Crippen molar-refractivity contribution in [2.45, 2.75) is 83.5 Å². The van der Waals surface area contributed by atoms with Crippen molar-refractivity contribution in [3.8, 4) is 0 Å². The van der Waals surface area contributed by atoms with Crippen LogP contribution in [0.25, 0.3) is 0 Å². The van der Waals surface area contributed by atoms with Gasteiger partial charge in [0.2, 0.25) is 11.8 Å². The summed E-state index contributed by atoms with van der Waals surface area (Å²) in [6, 6.07) is 6.88. The number of anilines is 2. The standard InChI is InChI=1S/C29H43N3O6/c1-5-28-16-17-29(38-28)22(23(28)27(36)37-8-4)26(35)32(18-10-9-11-19-33)24(29)25(34)30-20-12-14-21(15-13-20)31(6-2)7-3/h12-15,22-24,33H,5-11,16-19H2,1-4H3,(H,30,34)/t22-,23-,24?,28+,29?/m0/s1. The fraction of sp³-hybridized carbons (Fsp3) is 0.690. The molecule has 3 saturated heterocycles. The van der Waals surface area contributed by atoms with Crippen molar-refractivity contribution in [3.05, 3.63) is 24.3 Å². The van der Waals surface area contributed by atoms with Crippen LogP contribution in [0.5, 0.6) is 0 Å².